The first-order valence-corrected chi connectivity index (χ1v) is 5.50. The fourth-order valence-corrected chi connectivity index (χ4v) is 1.55. The molecule has 0 spiro atoms. The lowest BCUT2D eigenvalue weighted by Gasteiger charge is -2.04. The van der Waals surface area contributed by atoms with Crippen LogP contribution in [0, 0.1) is 11.3 Å². The molecule has 1 aromatic rings. The van der Waals surface area contributed by atoms with Crippen molar-refractivity contribution in [2.45, 2.75) is 6.42 Å². The summed E-state index contributed by atoms with van der Waals surface area (Å²) in [6.07, 6.45) is 1.31. The molecule has 0 N–H and O–H groups in total. The van der Waals surface area contributed by atoms with Crippen molar-refractivity contribution < 1.29 is 9.53 Å². The maximum absolute atomic E-state index is 11.5. The molecule has 96 valence electrons. The fourth-order valence-electron chi connectivity index (χ4n) is 1.37. The largest absolute Gasteiger partial charge is 0.466 e. The zero-order valence-electron chi connectivity index (χ0n) is 10.00. The number of hydrogen-bond donors (Lipinski definition) is 0. The lowest BCUT2D eigenvalue weighted by Crippen LogP contribution is -2.04. The van der Waals surface area contributed by atoms with Gasteiger partial charge in [0, 0.05) is 15.6 Å². The highest BCUT2D eigenvalue weighted by atomic mass is 35.5. The molecule has 0 fully saturated rings. The minimum absolute atomic E-state index is 0.116. The molecule has 0 aromatic heterocycles. The van der Waals surface area contributed by atoms with Gasteiger partial charge in [0.25, 0.3) is 0 Å². The third kappa shape index (κ3) is 4.03. The highest BCUT2D eigenvalue weighted by Gasteiger charge is 2.10. The topological polar surface area (TPSA) is 98.8 Å². The zero-order chi connectivity index (χ0) is 14.3. The maximum atomic E-state index is 11.5. The average molecular weight is 277 g/mol. The smallest absolute Gasteiger partial charge is 0.334 e. The number of benzene rings is 1. The lowest BCUT2D eigenvalue weighted by molar-refractivity contribution is -0.136. The van der Waals surface area contributed by atoms with E-state index >= 15 is 0 Å². The number of ether oxygens (including phenoxy) is 1. The minimum Gasteiger partial charge on any atom is -0.466 e. The summed E-state index contributed by atoms with van der Waals surface area (Å²) in [6.45, 7) is 0. The van der Waals surface area contributed by atoms with Crippen LogP contribution in [0.25, 0.3) is 16.5 Å². The highest BCUT2D eigenvalue weighted by Crippen LogP contribution is 2.26. The second-order valence-electron chi connectivity index (χ2n) is 3.39. The second-order valence-corrected chi connectivity index (χ2v) is 3.83. The fraction of sp³-hybridized carbons (Fsp3) is 0.167. The minimum atomic E-state index is -0.617. The molecule has 0 amide bonds. The zero-order valence-corrected chi connectivity index (χ0v) is 10.8. The van der Waals surface area contributed by atoms with E-state index in [1.54, 1.807) is 6.07 Å². The third-order valence-corrected chi connectivity index (χ3v) is 2.42. The Labute approximate surface area is 114 Å². The molecule has 0 aliphatic carbocycles. The first-order chi connectivity index (χ1) is 9.12. The van der Waals surface area contributed by atoms with Gasteiger partial charge in [0.1, 0.15) is 0 Å². The number of esters is 1. The lowest BCUT2D eigenvalue weighted by atomic mass is 10.1. The van der Waals surface area contributed by atoms with Crippen molar-refractivity contribution in [3.63, 3.8) is 0 Å². The summed E-state index contributed by atoms with van der Waals surface area (Å²) >= 11 is 5.85. The summed E-state index contributed by atoms with van der Waals surface area (Å²) in [6, 6.07) is 6.48. The summed E-state index contributed by atoms with van der Waals surface area (Å²) in [5, 5.41) is 12.6. The van der Waals surface area contributed by atoms with Crippen molar-refractivity contribution in [1.29, 1.82) is 5.26 Å². The van der Waals surface area contributed by atoms with E-state index in [4.69, 9.17) is 22.4 Å². The quantitative estimate of drug-likeness (QED) is 0.275. The molecule has 0 aliphatic heterocycles. The second kappa shape index (κ2) is 7.07. The van der Waals surface area contributed by atoms with Crippen molar-refractivity contribution in [3.8, 4) is 6.07 Å². The first-order valence-electron chi connectivity index (χ1n) is 5.13. The van der Waals surface area contributed by atoms with Gasteiger partial charge in [-0.3, -0.25) is 0 Å². The number of halogens is 1. The van der Waals surface area contributed by atoms with Crippen LogP contribution < -0.4 is 0 Å². The van der Waals surface area contributed by atoms with Crippen molar-refractivity contribution in [3.05, 3.63) is 44.8 Å². The number of carbonyl (C=O) groups excluding carboxylic acids is 1. The van der Waals surface area contributed by atoms with E-state index in [0.29, 0.717) is 16.3 Å². The summed E-state index contributed by atoms with van der Waals surface area (Å²) in [5.74, 6) is -0.617. The molecule has 0 saturated carbocycles. The van der Waals surface area contributed by atoms with Gasteiger partial charge < -0.3 is 4.74 Å². The normalized spacial score (nSPS) is 10.3. The van der Waals surface area contributed by atoms with Crippen molar-refractivity contribution in [2.24, 2.45) is 5.11 Å². The van der Waals surface area contributed by atoms with Crippen molar-refractivity contribution in [2.75, 3.05) is 7.11 Å². The molecule has 6 nitrogen and oxygen atoms in total. The van der Waals surface area contributed by atoms with Gasteiger partial charge in [-0.2, -0.15) is 5.26 Å². The molecule has 0 unspecified atom stereocenters. The van der Waals surface area contributed by atoms with Gasteiger partial charge in [-0.05, 0) is 29.3 Å². The van der Waals surface area contributed by atoms with Crippen molar-refractivity contribution >= 4 is 29.3 Å². The Morgan fingerprint density at radius 1 is 1.68 bits per heavy atom. The van der Waals surface area contributed by atoms with Crippen LogP contribution >= 0.6 is 11.6 Å². The Kier molecular flexibility index (Phi) is 5.42. The third-order valence-electron chi connectivity index (χ3n) is 2.19. The van der Waals surface area contributed by atoms with E-state index in [1.807, 2.05) is 6.07 Å². The molecule has 19 heavy (non-hydrogen) atoms. The summed E-state index contributed by atoms with van der Waals surface area (Å²) in [5.41, 5.74) is 9.38. The molecular weight excluding hydrogens is 268 g/mol. The number of hydrogen-bond acceptors (Lipinski definition) is 4. The summed E-state index contributed by atoms with van der Waals surface area (Å²) in [7, 11) is 1.22. The van der Waals surface area contributed by atoms with Gasteiger partial charge in [-0.25, -0.2) is 4.79 Å². The molecular formula is C12H9ClN4O2. The van der Waals surface area contributed by atoms with Crippen molar-refractivity contribution in [1.82, 2.24) is 0 Å². The number of azide groups is 1. The monoisotopic (exact) mass is 276 g/mol. The van der Waals surface area contributed by atoms with E-state index in [2.05, 4.69) is 14.8 Å². The molecule has 7 heteroatoms. The molecule has 0 aliphatic rings. The van der Waals surface area contributed by atoms with Crippen LogP contribution in [-0.2, 0) is 9.53 Å². The van der Waals surface area contributed by atoms with Gasteiger partial charge in [-0.1, -0.05) is 22.8 Å². The molecule has 1 aromatic carbocycles. The number of nitriles is 1. The van der Waals surface area contributed by atoms with Gasteiger partial charge in [-0.15, -0.1) is 0 Å². The van der Waals surface area contributed by atoms with Gasteiger partial charge >= 0.3 is 5.97 Å². The van der Waals surface area contributed by atoms with Crippen LogP contribution in [0.1, 0.15) is 12.0 Å². The van der Waals surface area contributed by atoms with Crippen LogP contribution in [0.15, 0.2) is 28.9 Å². The average Bonchev–Trinajstić information content (AvgIpc) is 2.40. The van der Waals surface area contributed by atoms with Gasteiger partial charge in [0.2, 0.25) is 0 Å². The number of methoxy groups -OCH3 is 1. The first kappa shape index (κ1) is 14.6. The van der Waals surface area contributed by atoms with E-state index in [9.17, 15) is 4.79 Å². The Bertz CT molecular complexity index is 613. The maximum Gasteiger partial charge on any atom is 0.334 e. The van der Waals surface area contributed by atoms with Gasteiger partial charge in [0.15, 0.2) is 0 Å². The van der Waals surface area contributed by atoms with Crippen LogP contribution in [-0.4, -0.2) is 13.1 Å². The van der Waals surface area contributed by atoms with E-state index in [1.165, 1.54) is 25.3 Å². The van der Waals surface area contributed by atoms with E-state index in [-0.39, 0.29) is 12.0 Å². The molecule has 0 bridgehead atoms. The predicted molar refractivity (Wildman–Crippen MR) is 70.5 cm³/mol. The summed E-state index contributed by atoms with van der Waals surface area (Å²) in [4.78, 5) is 14.2. The van der Waals surface area contributed by atoms with Gasteiger partial charge in [0.05, 0.1) is 25.2 Å². The molecule has 0 heterocycles. The molecule has 0 saturated heterocycles. The molecule has 0 radical (unpaired) electrons. The Morgan fingerprint density at radius 3 is 3.00 bits per heavy atom. The number of carbonyl (C=O) groups is 1. The summed E-state index contributed by atoms with van der Waals surface area (Å²) < 4.78 is 4.57. The standard InChI is InChI=1S/C12H9ClN4O2/c1-19-12(18)8(4-5-14)6-9-7-10(13)2-3-11(9)16-17-15/h2-3,6-7H,4H2,1H3/b8-6+. The predicted octanol–water partition coefficient (Wildman–Crippen LogP) is 3.75. The number of nitrogens with zero attached hydrogens (tertiary/aromatic N) is 4. The van der Waals surface area contributed by atoms with E-state index in [0.717, 1.165) is 0 Å². The Morgan fingerprint density at radius 2 is 2.42 bits per heavy atom. The van der Waals surface area contributed by atoms with Crippen LogP contribution in [0.3, 0.4) is 0 Å². The van der Waals surface area contributed by atoms with E-state index < -0.39 is 5.97 Å². The van der Waals surface area contributed by atoms with Crippen LogP contribution in [0.5, 0.6) is 0 Å². The Balaban J connectivity index is 3.34. The molecule has 1 rings (SSSR count). The van der Waals surface area contributed by atoms with Crippen LogP contribution in [0.4, 0.5) is 5.69 Å². The Hall–Kier alpha value is -2.48. The van der Waals surface area contributed by atoms with Crippen LogP contribution in [0.2, 0.25) is 5.02 Å². The SMILES string of the molecule is COC(=O)/C(=C/c1cc(Cl)ccc1N=[N+]=[N-])CC#N. The molecule has 0 atom stereocenters. The highest BCUT2D eigenvalue weighted by molar-refractivity contribution is 6.30. The number of rotatable bonds is 4.